The van der Waals surface area contributed by atoms with Crippen LogP contribution in [-0.2, 0) is 4.74 Å². The summed E-state index contributed by atoms with van der Waals surface area (Å²) in [5.41, 5.74) is 1.98. The number of benzene rings is 1. The highest BCUT2D eigenvalue weighted by atomic mass is 16.5. The highest BCUT2D eigenvalue weighted by Gasteiger charge is 2.20. The van der Waals surface area contributed by atoms with Gasteiger partial charge in [-0.25, -0.2) is 4.98 Å². The molecule has 20 heavy (non-hydrogen) atoms. The lowest BCUT2D eigenvalue weighted by Crippen LogP contribution is -2.15. The van der Waals surface area contributed by atoms with Crippen LogP contribution in [0.15, 0.2) is 12.1 Å². The molecule has 0 spiro atoms. The maximum absolute atomic E-state index is 5.72. The van der Waals surface area contributed by atoms with E-state index in [1.165, 1.54) is 0 Å². The molecule has 2 aliphatic rings. The Balaban J connectivity index is 1.72. The Morgan fingerprint density at radius 1 is 1.00 bits per heavy atom. The molecule has 106 valence electrons. The Labute approximate surface area is 117 Å². The number of hydrogen-bond acceptors (Lipinski definition) is 4. The zero-order chi connectivity index (χ0) is 13.4. The Hall–Kier alpha value is -1.75. The molecule has 2 aromatic rings. The van der Waals surface area contributed by atoms with Gasteiger partial charge in [0.2, 0.25) is 0 Å². The second-order valence-corrected chi connectivity index (χ2v) is 5.38. The molecule has 4 rings (SSSR count). The van der Waals surface area contributed by atoms with Crippen molar-refractivity contribution in [1.82, 2.24) is 9.97 Å². The molecule has 0 bridgehead atoms. The minimum Gasteiger partial charge on any atom is -0.489 e. The summed E-state index contributed by atoms with van der Waals surface area (Å²) in [5, 5.41) is 0. The van der Waals surface area contributed by atoms with Gasteiger partial charge >= 0.3 is 0 Å². The van der Waals surface area contributed by atoms with E-state index in [9.17, 15) is 0 Å². The fourth-order valence-corrected chi connectivity index (χ4v) is 2.85. The fourth-order valence-electron chi connectivity index (χ4n) is 2.85. The minimum atomic E-state index is 0.470. The van der Waals surface area contributed by atoms with Crippen molar-refractivity contribution < 1.29 is 14.2 Å². The number of ether oxygens (including phenoxy) is 3. The van der Waals surface area contributed by atoms with Crippen molar-refractivity contribution in [1.29, 1.82) is 0 Å². The molecule has 0 amide bonds. The lowest BCUT2D eigenvalue weighted by molar-refractivity contribution is 0.0838. The van der Waals surface area contributed by atoms with E-state index in [2.05, 4.69) is 4.98 Å². The Morgan fingerprint density at radius 2 is 1.75 bits per heavy atom. The molecule has 0 saturated carbocycles. The maximum Gasteiger partial charge on any atom is 0.163 e. The van der Waals surface area contributed by atoms with Gasteiger partial charge in [0, 0.05) is 37.7 Å². The molecule has 1 N–H and O–H groups in total. The SMILES string of the molecule is c1c2c(cc3[nH]c(C4CCOCC4)nc13)OCCCO2. The van der Waals surface area contributed by atoms with Crippen LogP contribution in [0.1, 0.15) is 31.0 Å². The van der Waals surface area contributed by atoms with Crippen molar-refractivity contribution >= 4 is 11.0 Å². The number of nitrogens with zero attached hydrogens (tertiary/aromatic N) is 1. The molecule has 1 aromatic carbocycles. The standard InChI is InChI=1S/C15H18N2O3/c1-4-19-13-8-11-12(9-14(13)20-5-1)17-15(16-11)10-2-6-18-7-3-10/h8-10H,1-7H2,(H,16,17). The smallest absolute Gasteiger partial charge is 0.163 e. The monoisotopic (exact) mass is 274 g/mol. The van der Waals surface area contributed by atoms with Crippen LogP contribution in [0.25, 0.3) is 11.0 Å². The van der Waals surface area contributed by atoms with Crippen LogP contribution >= 0.6 is 0 Å². The zero-order valence-corrected chi connectivity index (χ0v) is 11.4. The maximum atomic E-state index is 5.72. The van der Waals surface area contributed by atoms with Gasteiger partial charge in [-0.1, -0.05) is 0 Å². The molecule has 0 atom stereocenters. The number of rotatable bonds is 1. The molecule has 5 heteroatoms. The Morgan fingerprint density at radius 3 is 2.55 bits per heavy atom. The molecule has 0 radical (unpaired) electrons. The molecule has 5 nitrogen and oxygen atoms in total. The average Bonchev–Trinajstić information content (AvgIpc) is 2.76. The summed E-state index contributed by atoms with van der Waals surface area (Å²) in [5.74, 6) is 3.15. The first-order chi connectivity index (χ1) is 9.90. The quantitative estimate of drug-likeness (QED) is 0.868. The zero-order valence-electron chi connectivity index (χ0n) is 11.4. The summed E-state index contributed by atoms with van der Waals surface area (Å²) >= 11 is 0. The summed E-state index contributed by atoms with van der Waals surface area (Å²) in [6, 6.07) is 3.99. The van der Waals surface area contributed by atoms with Gasteiger partial charge in [-0.2, -0.15) is 0 Å². The number of aromatic nitrogens is 2. The predicted octanol–water partition coefficient (Wildman–Crippen LogP) is 2.62. The summed E-state index contributed by atoms with van der Waals surface area (Å²) in [6.45, 7) is 3.06. The number of H-pyrrole nitrogens is 1. The van der Waals surface area contributed by atoms with E-state index >= 15 is 0 Å². The molecular weight excluding hydrogens is 256 g/mol. The largest absolute Gasteiger partial charge is 0.489 e. The van der Waals surface area contributed by atoms with Gasteiger partial charge < -0.3 is 19.2 Å². The summed E-state index contributed by atoms with van der Waals surface area (Å²) in [4.78, 5) is 8.16. The van der Waals surface area contributed by atoms with Crippen molar-refractivity contribution in [2.45, 2.75) is 25.2 Å². The number of nitrogens with one attached hydrogen (secondary N) is 1. The molecule has 3 heterocycles. The van der Waals surface area contributed by atoms with Crippen LogP contribution in [0.5, 0.6) is 11.5 Å². The van der Waals surface area contributed by atoms with Gasteiger partial charge in [0.15, 0.2) is 11.5 Å². The second kappa shape index (κ2) is 4.98. The first-order valence-electron chi connectivity index (χ1n) is 7.27. The fraction of sp³-hybridized carbons (Fsp3) is 0.533. The lowest BCUT2D eigenvalue weighted by Gasteiger charge is -2.19. The van der Waals surface area contributed by atoms with Gasteiger partial charge in [-0.15, -0.1) is 0 Å². The summed E-state index contributed by atoms with van der Waals surface area (Å²) in [7, 11) is 0. The Kier molecular flexibility index (Phi) is 2.99. The van der Waals surface area contributed by atoms with Crippen molar-refractivity contribution in [3.8, 4) is 11.5 Å². The first-order valence-corrected chi connectivity index (χ1v) is 7.27. The van der Waals surface area contributed by atoms with Crippen LogP contribution in [0.4, 0.5) is 0 Å². The van der Waals surface area contributed by atoms with Crippen LogP contribution in [0.3, 0.4) is 0 Å². The van der Waals surface area contributed by atoms with Gasteiger partial charge in [0.1, 0.15) is 5.82 Å². The second-order valence-electron chi connectivity index (χ2n) is 5.38. The number of imidazole rings is 1. The van der Waals surface area contributed by atoms with E-state index in [4.69, 9.17) is 19.2 Å². The molecule has 0 unspecified atom stereocenters. The van der Waals surface area contributed by atoms with E-state index in [1.807, 2.05) is 12.1 Å². The van der Waals surface area contributed by atoms with E-state index in [0.717, 1.165) is 60.8 Å². The number of hydrogen-bond donors (Lipinski definition) is 1. The molecule has 1 aromatic heterocycles. The van der Waals surface area contributed by atoms with Crippen LogP contribution in [-0.4, -0.2) is 36.4 Å². The van der Waals surface area contributed by atoms with E-state index < -0.39 is 0 Å². The Bertz CT molecular complexity index is 574. The third kappa shape index (κ3) is 2.12. The van der Waals surface area contributed by atoms with E-state index in [1.54, 1.807) is 0 Å². The minimum absolute atomic E-state index is 0.470. The van der Waals surface area contributed by atoms with Gasteiger partial charge in [0.25, 0.3) is 0 Å². The van der Waals surface area contributed by atoms with Crippen molar-refractivity contribution in [2.24, 2.45) is 0 Å². The summed E-state index contributed by atoms with van der Waals surface area (Å²) < 4.78 is 16.8. The van der Waals surface area contributed by atoms with Gasteiger partial charge in [-0.3, -0.25) is 0 Å². The third-order valence-electron chi connectivity index (χ3n) is 3.98. The molecule has 1 fully saturated rings. The topological polar surface area (TPSA) is 56.4 Å². The van der Waals surface area contributed by atoms with Crippen LogP contribution in [0, 0.1) is 0 Å². The van der Waals surface area contributed by atoms with Crippen LogP contribution in [0.2, 0.25) is 0 Å². The van der Waals surface area contributed by atoms with Gasteiger partial charge in [-0.05, 0) is 12.8 Å². The van der Waals surface area contributed by atoms with Gasteiger partial charge in [0.05, 0.1) is 24.2 Å². The highest BCUT2D eigenvalue weighted by Crippen LogP contribution is 2.35. The predicted molar refractivity (Wildman–Crippen MR) is 74.5 cm³/mol. The third-order valence-corrected chi connectivity index (χ3v) is 3.98. The number of fused-ring (bicyclic) bond motifs is 2. The van der Waals surface area contributed by atoms with Crippen LogP contribution < -0.4 is 9.47 Å². The molecule has 2 aliphatic heterocycles. The summed E-state index contributed by atoms with van der Waals surface area (Å²) in [6.07, 6.45) is 2.99. The van der Waals surface area contributed by atoms with Crippen molar-refractivity contribution in [3.05, 3.63) is 18.0 Å². The molecule has 1 saturated heterocycles. The molecule has 0 aliphatic carbocycles. The lowest BCUT2D eigenvalue weighted by atomic mass is 10.00. The highest BCUT2D eigenvalue weighted by molar-refractivity contribution is 5.80. The normalized spacial score (nSPS) is 20.0. The van der Waals surface area contributed by atoms with Crippen molar-refractivity contribution in [2.75, 3.05) is 26.4 Å². The first kappa shape index (κ1) is 12.0. The average molecular weight is 274 g/mol. The molecular formula is C15H18N2O3. The van der Waals surface area contributed by atoms with E-state index in [0.29, 0.717) is 19.1 Å². The number of aromatic amines is 1. The van der Waals surface area contributed by atoms with E-state index in [-0.39, 0.29) is 0 Å². The van der Waals surface area contributed by atoms with Crippen molar-refractivity contribution in [3.63, 3.8) is 0 Å².